The van der Waals surface area contributed by atoms with Crippen LogP contribution in [0.4, 0.5) is 19.3 Å². The van der Waals surface area contributed by atoms with Gasteiger partial charge < -0.3 is 15.3 Å². The Kier molecular flexibility index (Phi) is 5.98. The van der Waals surface area contributed by atoms with Crippen LogP contribution in [0.2, 0.25) is 0 Å². The van der Waals surface area contributed by atoms with E-state index in [1.165, 1.54) is 25.5 Å². The van der Waals surface area contributed by atoms with E-state index in [1.807, 2.05) is 0 Å². The molecule has 1 atom stereocenters. The zero-order chi connectivity index (χ0) is 23.5. The van der Waals surface area contributed by atoms with Crippen molar-refractivity contribution >= 4 is 23.9 Å². The van der Waals surface area contributed by atoms with Gasteiger partial charge in [0, 0.05) is 42.8 Å². The highest BCUT2D eigenvalue weighted by atomic mass is 19.1. The first-order valence-electron chi connectivity index (χ1n) is 9.75. The summed E-state index contributed by atoms with van der Waals surface area (Å²) < 4.78 is 36.4. The smallest absolute Gasteiger partial charge is 0.414 e. The third-order valence-electron chi connectivity index (χ3n) is 4.87. The van der Waals surface area contributed by atoms with Crippen LogP contribution in [-0.4, -0.2) is 57.2 Å². The number of rotatable bonds is 6. The van der Waals surface area contributed by atoms with Crippen LogP contribution in [0.5, 0.6) is 0 Å². The number of nitrogens with one attached hydrogen (secondary N) is 1. The molecule has 1 saturated heterocycles. The number of amides is 2. The molecule has 0 bridgehead atoms. The molecule has 33 heavy (non-hydrogen) atoms. The van der Waals surface area contributed by atoms with Gasteiger partial charge in [0.1, 0.15) is 17.7 Å². The van der Waals surface area contributed by atoms with Gasteiger partial charge >= 0.3 is 6.09 Å². The summed E-state index contributed by atoms with van der Waals surface area (Å²) in [5.74, 6) is -1.84. The minimum absolute atomic E-state index is 0.00738. The molecule has 2 aromatic heterocycles. The third-order valence-corrected chi connectivity index (χ3v) is 4.87. The van der Waals surface area contributed by atoms with E-state index in [-0.39, 0.29) is 41.8 Å². The zero-order valence-corrected chi connectivity index (χ0v) is 17.3. The van der Waals surface area contributed by atoms with Crippen molar-refractivity contribution in [1.29, 1.82) is 0 Å². The van der Waals surface area contributed by atoms with E-state index >= 15 is 0 Å². The fraction of sp³-hybridized carbons (Fsp3) is 0.190. The van der Waals surface area contributed by atoms with Crippen LogP contribution in [0.15, 0.2) is 48.1 Å². The van der Waals surface area contributed by atoms with Gasteiger partial charge in [0.15, 0.2) is 0 Å². The second kappa shape index (κ2) is 9.02. The van der Waals surface area contributed by atoms with Gasteiger partial charge in [-0.1, -0.05) is 5.16 Å². The normalized spacial score (nSPS) is 15.8. The first kappa shape index (κ1) is 21.9. The average Bonchev–Trinajstić information content (AvgIpc) is 3.39. The molecule has 1 aliphatic heterocycles. The number of carbonyl (C=O) groups is 2. The van der Waals surface area contributed by atoms with Crippen molar-refractivity contribution in [3.63, 3.8) is 0 Å². The zero-order valence-electron chi connectivity index (χ0n) is 17.3. The Balaban J connectivity index is 1.55. The Morgan fingerprint density at radius 3 is 2.67 bits per heavy atom. The van der Waals surface area contributed by atoms with Crippen LogP contribution in [0.1, 0.15) is 12.5 Å². The third kappa shape index (κ3) is 4.63. The fourth-order valence-corrected chi connectivity index (χ4v) is 3.35. The van der Waals surface area contributed by atoms with Crippen LogP contribution < -0.4 is 10.2 Å². The molecule has 2 N–H and O–H groups in total. The maximum atomic E-state index is 14.9. The number of benzene rings is 1. The van der Waals surface area contributed by atoms with Gasteiger partial charge in [0.25, 0.3) is 0 Å². The summed E-state index contributed by atoms with van der Waals surface area (Å²) in [7, 11) is 0. The largest absolute Gasteiger partial charge is 0.442 e. The number of nitrogens with zero attached hydrogens (tertiary/aromatic N) is 5. The Morgan fingerprint density at radius 2 is 2.03 bits per heavy atom. The van der Waals surface area contributed by atoms with Gasteiger partial charge in [-0.15, -0.1) is 0 Å². The van der Waals surface area contributed by atoms with E-state index in [0.717, 1.165) is 17.0 Å². The summed E-state index contributed by atoms with van der Waals surface area (Å²) in [5, 5.41) is 14.1. The SMILES string of the molecule is CC(=O)NC[C@H]1CN(c2cc(F)c(-c3cnc(-n4ccc(C=NO)c4)nc3)c(F)c2)C(=O)O1. The molecular formula is C21H18F2N6O4. The molecule has 12 heteroatoms. The number of cyclic esters (lactones) is 1. The quantitative estimate of drug-likeness (QED) is 0.334. The number of anilines is 1. The van der Waals surface area contributed by atoms with Crippen molar-refractivity contribution < 1.29 is 28.3 Å². The molecule has 2 amide bonds. The number of oxime groups is 1. The molecule has 3 aromatic rings. The van der Waals surface area contributed by atoms with Crippen LogP contribution in [0, 0.1) is 11.6 Å². The standard InChI is InChI=1S/C21H18F2N6O4/c1-12(30)24-9-16-11-29(21(31)33-16)15-4-17(22)19(18(23)5-15)14-7-25-20(26-8-14)28-3-2-13(10-28)6-27-32/h2-8,10,16,32H,9,11H2,1H3,(H,24,30)/t16-/m0/s1. The molecule has 1 aliphatic rings. The average molecular weight is 456 g/mol. The van der Waals surface area contributed by atoms with Gasteiger partial charge in [-0.25, -0.2) is 23.5 Å². The lowest BCUT2D eigenvalue weighted by Crippen LogP contribution is -2.33. The Labute approximate surface area is 186 Å². The van der Waals surface area contributed by atoms with Crippen molar-refractivity contribution in [1.82, 2.24) is 19.9 Å². The van der Waals surface area contributed by atoms with Crippen molar-refractivity contribution in [2.45, 2.75) is 13.0 Å². The van der Waals surface area contributed by atoms with E-state index in [1.54, 1.807) is 23.0 Å². The number of hydrogen-bond donors (Lipinski definition) is 2. The number of ether oxygens (including phenoxy) is 1. The minimum atomic E-state index is -0.901. The summed E-state index contributed by atoms with van der Waals surface area (Å²) in [6.07, 6.45) is 5.63. The second-order valence-electron chi connectivity index (χ2n) is 7.21. The number of aromatic nitrogens is 3. The first-order chi connectivity index (χ1) is 15.9. The Hall–Kier alpha value is -4.35. The van der Waals surface area contributed by atoms with Crippen molar-refractivity contribution in [3.8, 4) is 17.1 Å². The molecule has 0 radical (unpaired) electrons. The number of hydrogen-bond acceptors (Lipinski definition) is 7. The van der Waals surface area contributed by atoms with Gasteiger partial charge in [-0.05, 0) is 18.2 Å². The highest BCUT2D eigenvalue weighted by Crippen LogP contribution is 2.31. The van der Waals surface area contributed by atoms with Gasteiger partial charge in [-0.3, -0.25) is 14.3 Å². The molecule has 4 rings (SSSR count). The van der Waals surface area contributed by atoms with Gasteiger partial charge in [0.2, 0.25) is 11.9 Å². The van der Waals surface area contributed by atoms with Gasteiger partial charge in [0.05, 0.1) is 30.6 Å². The predicted octanol–water partition coefficient (Wildman–Crippen LogP) is 2.48. The molecule has 0 saturated carbocycles. The Bertz CT molecular complexity index is 1200. The number of carbonyl (C=O) groups excluding carboxylic acids is 2. The van der Waals surface area contributed by atoms with Crippen LogP contribution >= 0.6 is 0 Å². The van der Waals surface area contributed by atoms with Crippen LogP contribution in [0.3, 0.4) is 0 Å². The maximum absolute atomic E-state index is 14.9. The first-order valence-corrected chi connectivity index (χ1v) is 9.75. The van der Waals surface area contributed by atoms with Crippen LogP contribution in [-0.2, 0) is 9.53 Å². The van der Waals surface area contributed by atoms with E-state index in [2.05, 4.69) is 20.4 Å². The maximum Gasteiger partial charge on any atom is 0.414 e. The van der Waals surface area contributed by atoms with E-state index in [4.69, 9.17) is 9.94 Å². The summed E-state index contributed by atoms with van der Waals surface area (Å²) in [6, 6.07) is 3.72. The lowest BCUT2D eigenvalue weighted by atomic mass is 10.1. The molecular weight excluding hydrogens is 438 g/mol. The molecule has 170 valence electrons. The highest BCUT2D eigenvalue weighted by Gasteiger charge is 2.33. The topological polar surface area (TPSA) is 122 Å². The van der Waals surface area contributed by atoms with Crippen molar-refractivity contribution in [3.05, 3.63) is 60.2 Å². The second-order valence-corrected chi connectivity index (χ2v) is 7.21. The number of halogens is 2. The van der Waals surface area contributed by atoms with Crippen LogP contribution in [0.25, 0.3) is 17.1 Å². The highest BCUT2D eigenvalue weighted by molar-refractivity contribution is 5.90. The Morgan fingerprint density at radius 1 is 1.33 bits per heavy atom. The monoisotopic (exact) mass is 456 g/mol. The van der Waals surface area contributed by atoms with Crippen molar-refractivity contribution in [2.75, 3.05) is 18.0 Å². The van der Waals surface area contributed by atoms with Gasteiger partial charge in [-0.2, -0.15) is 0 Å². The van der Waals surface area contributed by atoms with Crippen molar-refractivity contribution in [2.24, 2.45) is 5.16 Å². The van der Waals surface area contributed by atoms with E-state index in [9.17, 15) is 18.4 Å². The molecule has 1 fully saturated rings. The summed E-state index contributed by atoms with van der Waals surface area (Å²) in [6.45, 7) is 1.46. The van der Waals surface area contributed by atoms with E-state index in [0.29, 0.717) is 5.56 Å². The predicted molar refractivity (Wildman–Crippen MR) is 112 cm³/mol. The molecule has 0 unspecified atom stereocenters. The fourth-order valence-electron chi connectivity index (χ4n) is 3.35. The lowest BCUT2D eigenvalue weighted by molar-refractivity contribution is -0.119. The van der Waals surface area contributed by atoms with E-state index < -0.39 is 23.8 Å². The molecule has 3 heterocycles. The molecule has 10 nitrogen and oxygen atoms in total. The summed E-state index contributed by atoms with van der Waals surface area (Å²) >= 11 is 0. The summed E-state index contributed by atoms with van der Waals surface area (Å²) in [4.78, 5) is 32.5. The summed E-state index contributed by atoms with van der Waals surface area (Å²) in [5.41, 5.74) is 0.370. The lowest BCUT2D eigenvalue weighted by Gasteiger charge is -2.15. The minimum Gasteiger partial charge on any atom is -0.442 e. The molecule has 0 aliphatic carbocycles. The molecule has 1 aromatic carbocycles. The molecule has 0 spiro atoms.